The molecule has 108 valence electrons. The van der Waals surface area contributed by atoms with Crippen LogP contribution in [-0.4, -0.2) is 0 Å². The van der Waals surface area contributed by atoms with Gasteiger partial charge in [-0.1, -0.05) is 36.4 Å². The van der Waals surface area contributed by atoms with Gasteiger partial charge in [-0.2, -0.15) is 10.5 Å². The molecule has 0 saturated carbocycles. The number of allylic oxidation sites excluding steroid dienone is 4. The fraction of sp³-hybridized carbons (Fsp3) is 0.400. The Balaban J connectivity index is 1.92. The van der Waals surface area contributed by atoms with Gasteiger partial charge in [0.25, 0.3) is 0 Å². The largest absolute Gasteiger partial charge is 0.193 e. The third kappa shape index (κ3) is 1.84. The lowest BCUT2D eigenvalue weighted by Crippen LogP contribution is -2.30. The summed E-state index contributed by atoms with van der Waals surface area (Å²) in [6.45, 7) is 0. The molecule has 4 aliphatic rings. The van der Waals surface area contributed by atoms with Gasteiger partial charge in [-0.05, 0) is 48.6 Å². The first kappa shape index (κ1) is 13.4. The lowest BCUT2D eigenvalue weighted by molar-refractivity contribution is 0.253. The lowest BCUT2D eigenvalue weighted by Gasteiger charge is -2.41. The molecule has 0 unspecified atom stereocenters. The molecule has 4 aliphatic carbocycles. The molecule has 2 heteroatoms. The van der Waals surface area contributed by atoms with Crippen LogP contribution < -0.4 is 0 Å². The smallest absolute Gasteiger partial charge is 0.0964 e. The molecular formula is C20H18N2. The Morgan fingerprint density at radius 2 is 1.23 bits per heavy atom. The quantitative estimate of drug-likeness (QED) is 0.655. The second-order valence-electron chi connectivity index (χ2n) is 6.72. The standard InChI is InChI=1S/C20H18N2/c21-11-19-17-9-13-5-1-2-6-14(13)10-18(20(19)12-22)16-8-4-3-7-15(16)17/h1-4,7-8,13-14,17-18H,5-6,9-10H2/t13-,14-,17-,18+/m0/s1. The zero-order chi connectivity index (χ0) is 15.1. The van der Waals surface area contributed by atoms with Crippen molar-refractivity contribution in [3.05, 3.63) is 58.7 Å². The molecule has 0 heterocycles. The zero-order valence-electron chi connectivity index (χ0n) is 12.5. The van der Waals surface area contributed by atoms with Gasteiger partial charge in [-0.3, -0.25) is 0 Å². The molecule has 1 aromatic carbocycles. The zero-order valence-corrected chi connectivity index (χ0v) is 12.5. The van der Waals surface area contributed by atoms with Crippen molar-refractivity contribution in [1.82, 2.24) is 0 Å². The average Bonchev–Trinajstić information content (AvgIpc) is 2.55. The van der Waals surface area contributed by atoms with Gasteiger partial charge < -0.3 is 0 Å². The maximum absolute atomic E-state index is 9.68. The van der Waals surface area contributed by atoms with E-state index in [2.05, 4.69) is 48.6 Å². The molecule has 2 bridgehead atoms. The number of benzene rings is 1. The molecule has 0 spiro atoms. The number of nitrogens with zero attached hydrogens (tertiary/aromatic N) is 2. The highest BCUT2D eigenvalue weighted by atomic mass is 14.5. The van der Waals surface area contributed by atoms with Crippen molar-refractivity contribution < 1.29 is 0 Å². The van der Waals surface area contributed by atoms with Crippen molar-refractivity contribution >= 4 is 0 Å². The molecular weight excluding hydrogens is 268 g/mol. The van der Waals surface area contributed by atoms with Crippen LogP contribution in [0.4, 0.5) is 0 Å². The summed E-state index contributed by atoms with van der Waals surface area (Å²) in [5, 5.41) is 19.4. The van der Waals surface area contributed by atoms with Crippen molar-refractivity contribution in [1.29, 1.82) is 10.5 Å². The molecule has 0 fully saturated rings. The van der Waals surface area contributed by atoms with Gasteiger partial charge in [-0.15, -0.1) is 0 Å². The summed E-state index contributed by atoms with van der Waals surface area (Å²) in [4.78, 5) is 0. The number of nitriles is 2. The molecule has 2 nitrogen and oxygen atoms in total. The van der Waals surface area contributed by atoms with Gasteiger partial charge in [-0.25, -0.2) is 0 Å². The molecule has 0 N–H and O–H groups in total. The summed E-state index contributed by atoms with van der Waals surface area (Å²) < 4.78 is 0. The van der Waals surface area contributed by atoms with E-state index >= 15 is 0 Å². The van der Waals surface area contributed by atoms with Crippen molar-refractivity contribution in [2.45, 2.75) is 37.5 Å². The Kier molecular flexibility index (Phi) is 3.12. The predicted molar refractivity (Wildman–Crippen MR) is 84.8 cm³/mol. The highest BCUT2D eigenvalue weighted by molar-refractivity contribution is 5.57. The van der Waals surface area contributed by atoms with Crippen LogP contribution in [0.1, 0.15) is 48.6 Å². The number of rotatable bonds is 0. The van der Waals surface area contributed by atoms with Gasteiger partial charge in [0.15, 0.2) is 0 Å². The lowest BCUT2D eigenvalue weighted by atomic mass is 9.61. The Bertz CT molecular complexity index is 694. The van der Waals surface area contributed by atoms with E-state index in [0.717, 1.165) is 36.8 Å². The maximum atomic E-state index is 9.68. The maximum Gasteiger partial charge on any atom is 0.0964 e. The first-order valence-electron chi connectivity index (χ1n) is 8.11. The van der Waals surface area contributed by atoms with Crippen LogP contribution in [0, 0.1) is 34.5 Å². The summed E-state index contributed by atoms with van der Waals surface area (Å²) in [6, 6.07) is 13.2. The van der Waals surface area contributed by atoms with E-state index in [1.165, 1.54) is 11.1 Å². The molecule has 5 rings (SSSR count). The average molecular weight is 286 g/mol. The second-order valence-corrected chi connectivity index (χ2v) is 6.72. The monoisotopic (exact) mass is 286 g/mol. The van der Waals surface area contributed by atoms with Gasteiger partial charge in [0, 0.05) is 11.8 Å². The minimum atomic E-state index is 0.117. The molecule has 0 aromatic heterocycles. The van der Waals surface area contributed by atoms with E-state index < -0.39 is 0 Å². The van der Waals surface area contributed by atoms with Gasteiger partial charge in [0.05, 0.1) is 23.3 Å². The highest BCUT2D eigenvalue weighted by Gasteiger charge is 2.41. The summed E-state index contributed by atoms with van der Waals surface area (Å²) in [6.07, 6.45) is 8.85. The van der Waals surface area contributed by atoms with E-state index in [0.29, 0.717) is 11.8 Å². The molecule has 4 atom stereocenters. The SMILES string of the molecule is N#CC1=C(C#N)[C@@H]2C[C@@H]3CC=CC[C@H]3C[C@H]1c1ccccc12. The molecule has 0 amide bonds. The summed E-state index contributed by atoms with van der Waals surface area (Å²) in [5.41, 5.74) is 4.05. The fourth-order valence-electron chi connectivity index (χ4n) is 4.71. The van der Waals surface area contributed by atoms with Crippen LogP contribution in [0.25, 0.3) is 0 Å². The Hall–Kier alpha value is -2.32. The van der Waals surface area contributed by atoms with E-state index in [-0.39, 0.29) is 11.8 Å². The molecule has 0 aliphatic heterocycles. The van der Waals surface area contributed by atoms with E-state index in [1.54, 1.807) is 0 Å². The van der Waals surface area contributed by atoms with Crippen LogP contribution >= 0.6 is 0 Å². The van der Waals surface area contributed by atoms with Gasteiger partial charge >= 0.3 is 0 Å². The highest BCUT2D eigenvalue weighted by Crippen LogP contribution is 2.53. The Labute approximate surface area is 131 Å². The summed E-state index contributed by atoms with van der Waals surface area (Å²) >= 11 is 0. The van der Waals surface area contributed by atoms with Crippen LogP contribution in [0.5, 0.6) is 0 Å². The Morgan fingerprint density at radius 1 is 0.773 bits per heavy atom. The van der Waals surface area contributed by atoms with Crippen molar-refractivity contribution in [2.24, 2.45) is 11.8 Å². The minimum absolute atomic E-state index is 0.117. The number of hydrogen-bond donors (Lipinski definition) is 0. The van der Waals surface area contributed by atoms with E-state index in [1.807, 2.05) is 0 Å². The molecule has 0 radical (unpaired) electrons. The first-order chi connectivity index (χ1) is 10.8. The number of hydrogen-bond acceptors (Lipinski definition) is 2. The van der Waals surface area contributed by atoms with Gasteiger partial charge in [0.2, 0.25) is 0 Å². The van der Waals surface area contributed by atoms with Crippen LogP contribution in [0.3, 0.4) is 0 Å². The van der Waals surface area contributed by atoms with E-state index in [9.17, 15) is 10.5 Å². The minimum Gasteiger partial charge on any atom is -0.193 e. The van der Waals surface area contributed by atoms with E-state index in [4.69, 9.17) is 0 Å². The second kappa shape index (κ2) is 5.15. The molecule has 22 heavy (non-hydrogen) atoms. The fourth-order valence-corrected chi connectivity index (χ4v) is 4.71. The summed E-state index contributed by atoms with van der Waals surface area (Å²) in [5.74, 6) is 1.53. The summed E-state index contributed by atoms with van der Waals surface area (Å²) in [7, 11) is 0. The van der Waals surface area contributed by atoms with Crippen LogP contribution in [0.2, 0.25) is 0 Å². The third-order valence-electron chi connectivity index (χ3n) is 5.76. The van der Waals surface area contributed by atoms with Crippen molar-refractivity contribution in [3.8, 4) is 12.1 Å². The molecule has 1 aromatic rings. The van der Waals surface area contributed by atoms with Crippen LogP contribution in [-0.2, 0) is 0 Å². The predicted octanol–water partition coefficient (Wildman–Crippen LogP) is 4.59. The van der Waals surface area contributed by atoms with Gasteiger partial charge in [0.1, 0.15) is 0 Å². The van der Waals surface area contributed by atoms with Crippen molar-refractivity contribution in [2.75, 3.05) is 0 Å². The van der Waals surface area contributed by atoms with Crippen LogP contribution in [0.15, 0.2) is 47.6 Å². The first-order valence-corrected chi connectivity index (χ1v) is 8.11. The third-order valence-corrected chi connectivity index (χ3v) is 5.76. The Morgan fingerprint density at radius 3 is 1.64 bits per heavy atom. The molecule has 0 saturated heterocycles. The normalized spacial score (nSPS) is 32.3. The van der Waals surface area contributed by atoms with Crippen molar-refractivity contribution in [3.63, 3.8) is 0 Å². The topological polar surface area (TPSA) is 47.6 Å².